The van der Waals surface area contributed by atoms with E-state index in [1.54, 1.807) is 24.3 Å². The Bertz CT molecular complexity index is 1050. The zero-order valence-corrected chi connectivity index (χ0v) is 16.7. The van der Waals surface area contributed by atoms with Gasteiger partial charge in [0.25, 0.3) is 5.91 Å². The molecule has 2 aromatic carbocycles. The fraction of sp³-hybridized carbons (Fsp3) is 0.182. The number of nitrogens with zero attached hydrogens (tertiary/aromatic N) is 2. The van der Waals surface area contributed by atoms with Gasteiger partial charge in [-0.15, -0.1) is 11.3 Å². The number of esters is 1. The number of ether oxygens (including phenoxy) is 1. The molecule has 0 bridgehead atoms. The number of nitrogens with one attached hydrogen (secondary N) is 1. The van der Waals surface area contributed by atoms with Crippen LogP contribution in [0.3, 0.4) is 0 Å². The highest BCUT2D eigenvalue weighted by atomic mass is 32.1. The van der Waals surface area contributed by atoms with E-state index in [2.05, 4.69) is 29.4 Å². The third-order valence-corrected chi connectivity index (χ3v) is 5.11. The van der Waals surface area contributed by atoms with Crippen molar-refractivity contribution in [3.8, 4) is 16.6 Å². The monoisotopic (exact) mass is 405 g/mol. The van der Waals surface area contributed by atoms with Gasteiger partial charge in [-0.3, -0.25) is 9.59 Å². The summed E-state index contributed by atoms with van der Waals surface area (Å²) in [6.45, 7) is 1.68. The molecular weight excluding hydrogens is 386 g/mol. The number of nitriles is 1. The minimum Gasteiger partial charge on any atom is -0.455 e. The van der Waals surface area contributed by atoms with E-state index in [-0.39, 0.29) is 6.42 Å². The number of amides is 1. The molecule has 3 aromatic rings. The molecule has 0 spiro atoms. The van der Waals surface area contributed by atoms with Crippen molar-refractivity contribution in [2.75, 3.05) is 11.9 Å². The van der Waals surface area contributed by atoms with Gasteiger partial charge in [0.1, 0.15) is 11.1 Å². The molecule has 1 heterocycles. The summed E-state index contributed by atoms with van der Waals surface area (Å²) in [5.41, 5.74) is 3.58. The Labute approximate surface area is 172 Å². The Kier molecular flexibility index (Phi) is 6.72. The molecule has 0 aliphatic rings. The van der Waals surface area contributed by atoms with Crippen LogP contribution in [0, 0.1) is 11.3 Å². The second kappa shape index (κ2) is 9.62. The first-order valence-corrected chi connectivity index (χ1v) is 9.95. The number of anilines is 1. The first-order valence-electron chi connectivity index (χ1n) is 9.07. The first kappa shape index (κ1) is 20.2. The van der Waals surface area contributed by atoms with Gasteiger partial charge in [0.05, 0.1) is 23.4 Å². The van der Waals surface area contributed by atoms with Crippen molar-refractivity contribution in [1.82, 2.24) is 4.98 Å². The fourth-order valence-corrected chi connectivity index (χ4v) is 3.45. The van der Waals surface area contributed by atoms with Crippen LogP contribution in [-0.2, 0) is 27.2 Å². The maximum Gasteiger partial charge on any atom is 0.312 e. The lowest BCUT2D eigenvalue weighted by Gasteiger charge is -2.07. The van der Waals surface area contributed by atoms with Crippen LogP contribution in [0.15, 0.2) is 53.9 Å². The van der Waals surface area contributed by atoms with E-state index in [4.69, 9.17) is 10.00 Å². The van der Waals surface area contributed by atoms with E-state index in [1.165, 1.54) is 16.9 Å². The van der Waals surface area contributed by atoms with Gasteiger partial charge in [0.15, 0.2) is 6.61 Å². The summed E-state index contributed by atoms with van der Waals surface area (Å²) in [4.78, 5) is 28.5. The number of benzene rings is 2. The number of aromatic nitrogens is 1. The number of carbonyl (C=O) groups is 2. The molecule has 0 atom stereocenters. The fourth-order valence-electron chi connectivity index (χ4n) is 2.62. The van der Waals surface area contributed by atoms with Gasteiger partial charge in [-0.05, 0) is 24.1 Å². The van der Waals surface area contributed by atoms with E-state index in [1.807, 2.05) is 23.6 Å². The van der Waals surface area contributed by atoms with Crippen LogP contribution in [0.5, 0.6) is 0 Å². The predicted molar refractivity (Wildman–Crippen MR) is 111 cm³/mol. The Morgan fingerprint density at radius 3 is 2.66 bits per heavy atom. The van der Waals surface area contributed by atoms with E-state index < -0.39 is 18.5 Å². The second-order valence-electron chi connectivity index (χ2n) is 6.24. The van der Waals surface area contributed by atoms with E-state index in [0.717, 1.165) is 17.0 Å². The highest BCUT2D eigenvalue weighted by Crippen LogP contribution is 2.24. The van der Waals surface area contributed by atoms with Crippen molar-refractivity contribution in [2.24, 2.45) is 0 Å². The molecule has 0 saturated heterocycles. The number of hydrogen-bond acceptors (Lipinski definition) is 6. The summed E-state index contributed by atoms with van der Waals surface area (Å²) in [7, 11) is 0. The summed E-state index contributed by atoms with van der Waals surface area (Å²) in [5, 5.41) is 14.2. The molecule has 0 unspecified atom stereocenters. The molecule has 0 aliphatic carbocycles. The lowest BCUT2D eigenvalue weighted by atomic mass is 10.1. The lowest BCUT2D eigenvalue weighted by Crippen LogP contribution is -2.22. The molecule has 1 aromatic heterocycles. The normalized spacial score (nSPS) is 10.2. The SMILES string of the molecule is CCc1ccc(-c2nc(CC(=O)OCC(=O)Nc3ccccc3C#N)cs2)cc1. The first-order chi connectivity index (χ1) is 14.1. The van der Waals surface area contributed by atoms with Crippen LogP contribution < -0.4 is 5.32 Å². The van der Waals surface area contributed by atoms with E-state index in [9.17, 15) is 9.59 Å². The Morgan fingerprint density at radius 2 is 1.93 bits per heavy atom. The minimum absolute atomic E-state index is 0.00833. The maximum atomic E-state index is 12.0. The third kappa shape index (κ3) is 5.50. The van der Waals surface area contributed by atoms with Gasteiger partial charge in [-0.2, -0.15) is 5.26 Å². The molecule has 146 valence electrons. The predicted octanol–water partition coefficient (Wildman–Crippen LogP) is 3.97. The summed E-state index contributed by atoms with van der Waals surface area (Å²) in [6, 6.07) is 16.8. The van der Waals surface area contributed by atoms with E-state index in [0.29, 0.717) is 16.9 Å². The standard InChI is InChI=1S/C22H19N3O3S/c1-2-15-7-9-16(10-8-15)22-24-18(14-29-22)11-21(27)28-13-20(26)25-19-6-4-3-5-17(19)12-23/h3-10,14H,2,11,13H2,1H3,(H,25,26). The molecule has 1 amide bonds. The zero-order valence-electron chi connectivity index (χ0n) is 15.8. The zero-order chi connectivity index (χ0) is 20.6. The second-order valence-corrected chi connectivity index (χ2v) is 7.10. The number of para-hydroxylation sites is 1. The van der Waals surface area contributed by atoms with E-state index >= 15 is 0 Å². The summed E-state index contributed by atoms with van der Waals surface area (Å²) in [6.07, 6.45) is 0.969. The van der Waals surface area contributed by atoms with Crippen molar-refractivity contribution >= 4 is 28.9 Å². The molecular formula is C22H19N3O3S. The number of aryl methyl sites for hydroxylation is 1. The van der Waals surface area contributed by atoms with Gasteiger partial charge in [0, 0.05) is 10.9 Å². The lowest BCUT2D eigenvalue weighted by molar-refractivity contribution is -0.146. The van der Waals surface area contributed by atoms with Crippen LogP contribution in [-0.4, -0.2) is 23.5 Å². The number of thiazole rings is 1. The van der Waals surface area contributed by atoms with Crippen molar-refractivity contribution in [1.29, 1.82) is 5.26 Å². The number of rotatable bonds is 7. The third-order valence-electron chi connectivity index (χ3n) is 4.17. The van der Waals surface area contributed by atoms with Crippen LogP contribution in [0.2, 0.25) is 0 Å². The van der Waals surface area contributed by atoms with Gasteiger partial charge in [0.2, 0.25) is 0 Å². The molecule has 1 N–H and O–H groups in total. The molecule has 3 rings (SSSR count). The highest BCUT2D eigenvalue weighted by Gasteiger charge is 2.13. The molecule has 29 heavy (non-hydrogen) atoms. The van der Waals surface area contributed by atoms with Crippen molar-refractivity contribution < 1.29 is 14.3 Å². The average Bonchev–Trinajstić information content (AvgIpc) is 3.21. The average molecular weight is 405 g/mol. The topological polar surface area (TPSA) is 92.1 Å². The molecule has 0 aliphatic heterocycles. The van der Waals surface area contributed by atoms with Gasteiger partial charge in [-0.25, -0.2) is 4.98 Å². The summed E-state index contributed by atoms with van der Waals surface area (Å²) in [5.74, 6) is -1.04. The Balaban J connectivity index is 1.51. The largest absolute Gasteiger partial charge is 0.455 e. The highest BCUT2D eigenvalue weighted by molar-refractivity contribution is 7.13. The van der Waals surface area contributed by atoms with Crippen LogP contribution in [0.1, 0.15) is 23.7 Å². The van der Waals surface area contributed by atoms with Crippen LogP contribution in [0.4, 0.5) is 5.69 Å². The smallest absolute Gasteiger partial charge is 0.312 e. The van der Waals surface area contributed by atoms with Crippen LogP contribution >= 0.6 is 11.3 Å². The quantitative estimate of drug-likeness (QED) is 0.601. The van der Waals surface area contributed by atoms with Gasteiger partial charge >= 0.3 is 5.97 Å². The number of hydrogen-bond donors (Lipinski definition) is 1. The Hall–Kier alpha value is -3.50. The van der Waals surface area contributed by atoms with Crippen molar-refractivity contribution in [3.63, 3.8) is 0 Å². The van der Waals surface area contributed by atoms with Crippen LogP contribution in [0.25, 0.3) is 10.6 Å². The Morgan fingerprint density at radius 1 is 1.17 bits per heavy atom. The number of carbonyl (C=O) groups excluding carboxylic acids is 2. The molecule has 0 fully saturated rings. The van der Waals surface area contributed by atoms with Gasteiger partial charge in [-0.1, -0.05) is 43.3 Å². The minimum atomic E-state index is -0.535. The molecule has 7 heteroatoms. The van der Waals surface area contributed by atoms with Crippen molar-refractivity contribution in [3.05, 3.63) is 70.7 Å². The maximum absolute atomic E-state index is 12.0. The van der Waals surface area contributed by atoms with Crippen molar-refractivity contribution in [2.45, 2.75) is 19.8 Å². The summed E-state index contributed by atoms with van der Waals surface area (Å²) < 4.78 is 5.03. The molecule has 0 saturated carbocycles. The molecule has 0 radical (unpaired) electrons. The molecule has 6 nitrogen and oxygen atoms in total. The van der Waals surface area contributed by atoms with Gasteiger partial charge < -0.3 is 10.1 Å². The summed E-state index contributed by atoms with van der Waals surface area (Å²) >= 11 is 1.46.